The highest BCUT2D eigenvalue weighted by atomic mass is 35.6. The second-order valence-electron chi connectivity index (χ2n) is 25.5. The molecule has 0 saturated carbocycles. The first-order valence-corrected chi connectivity index (χ1v) is 59.0. The van der Waals surface area contributed by atoms with Crippen molar-refractivity contribution < 1.29 is 126 Å². The first-order chi connectivity index (χ1) is 57.4. The van der Waals surface area contributed by atoms with Gasteiger partial charge in [0, 0.05) is 123 Å². The highest BCUT2D eigenvalue weighted by Gasteiger charge is 2.26. The number of aryl methyl sites for hydroxylation is 7. The number of aromatic hydroxyl groups is 6. The molecule has 7 aromatic carbocycles. The lowest BCUT2D eigenvalue weighted by Crippen LogP contribution is -2.38. The number of phenols is 6. The Morgan fingerprint density at radius 1 is 0.268 bits per heavy atom. The molecule has 0 aromatic heterocycles. The zero-order valence-electron chi connectivity index (χ0n) is 82.3. The number of benzene rings is 7. The Hall–Kier alpha value is -5.74. The molecular weight excluding hydrogens is 1720 g/mol. The van der Waals surface area contributed by atoms with E-state index in [1.54, 1.807) is 116 Å². The summed E-state index contributed by atoms with van der Waals surface area (Å²) in [5.41, 5.74) is 7.57. The van der Waals surface area contributed by atoms with E-state index in [0.29, 0.717) is 47.7 Å². The van der Waals surface area contributed by atoms with Crippen LogP contribution in [0.2, 0.25) is 78.6 Å². The molecule has 34 heteroatoms. The lowest BCUT2D eigenvalue weighted by Gasteiger charge is -2.23. The average Bonchev–Trinajstić information content (AvgIpc) is 0.877. The van der Waals surface area contributed by atoms with Crippen LogP contribution in [0, 0.1) is 48.5 Å². The van der Waals surface area contributed by atoms with E-state index in [1.165, 1.54) is 16.7 Å². The molecule has 123 heavy (non-hydrogen) atoms. The van der Waals surface area contributed by atoms with Crippen LogP contribution in [0.4, 0.5) is 0 Å². The monoisotopic (exact) mass is 1900 g/mol. The predicted molar refractivity (Wildman–Crippen MR) is 531 cm³/mol. The maximum Gasteiger partial charge on any atom is 0.392 e. The van der Waals surface area contributed by atoms with E-state index in [0.717, 1.165) is 97.1 Å². The van der Waals surface area contributed by atoms with Crippen LogP contribution in [-0.4, -0.2) is 259 Å². The third-order valence-electron chi connectivity index (χ3n) is 11.6. The Morgan fingerprint density at radius 3 is 0.634 bits per heavy atom. The van der Waals surface area contributed by atoms with Crippen LogP contribution in [0.1, 0.15) is 108 Å². The summed E-state index contributed by atoms with van der Waals surface area (Å²) in [6, 6.07) is 51.1. The van der Waals surface area contributed by atoms with Gasteiger partial charge in [0.05, 0.1) is 0 Å². The van der Waals surface area contributed by atoms with Crippen molar-refractivity contribution in [1.29, 1.82) is 0 Å². The number of aliphatic hydroxyl groups is 10. The summed E-state index contributed by atoms with van der Waals surface area (Å²) < 4.78 is 47.4. The molecule has 0 spiro atoms. The van der Waals surface area contributed by atoms with Crippen LogP contribution in [0.5, 0.6) is 40.2 Å². The summed E-state index contributed by atoms with van der Waals surface area (Å²) in [4.78, 5) is 8.93. The Kier molecular flexibility index (Phi) is 134. The van der Waals surface area contributed by atoms with Gasteiger partial charge in [0.15, 0.2) is 0 Å². The quantitative estimate of drug-likeness (QED) is 0.0316. The molecule has 0 amide bonds. The van der Waals surface area contributed by atoms with Gasteiger partial charge in [0.1, 0.15) is 40.2 Å². The van der Waals surface area contributed by atoms with E-state index in [-0.39, 0.29) is 26.4 Å². The molecule has 0 heterocycles. The minimum Gasteiger partial charge on any atom is -0.520 e. The Balaban J connectivity index is -0.0000000780. The lowest BCUT2D eigenvalue weighted by atomic mass is 10.2. The third-order valence-corrected chi connectivity index (χ3v) is 20.8. The maximum absolute atomic E-state index is 8.93. The fourth-order valence-electron chi connectivity index (χ4n) is 6.66. The summed E-state index contributed by atoms with van der Waals surface area (Å²) in [6.07, 6.45) is 0. The van der Waals surface area contributed by atoms with Crippen molar-refractivity contribution in [3.8, 4) is 40.2 Å². The van der Waals surface area contributed by atoms with Crippen LogP contribution in [0.3, 0.4) is 0 Å². The molecule has 17 N–H and O–H groups in total. The van der Waals surface area contributed by atoms with E-state index in [9.17, 15) is 0 Å². The van der Waals surface area contributed by atoms with Gasteiger partial charge in [-0.25, -0.2) is 0 Å². The molecule has 7 aromatic rings. The molecule has 0 fully saturated rings. The summed E-state index contributed by atoms with van der Waals surface area (Å²) in [7, 11) is -1.46. The van der Waals surface area contributed by atoms with Gasteiger partial charge in [0.2, 0.25) is 0 Å². The van der Waals surface area contributed by atoms with Crippen LogP contribution >= 0.6 is 22.2 Å². The molecule has 7 rings (SSSR count). The zero-order valence-corrected chi connectivity index (χ0v) is 89.8. The predicted octanol–water partition coefficient (Wildman–Crippen LogP) is 18.3. The summed E-state index contributed by atoms with van der Waals surface area (Å²) in [5.74, 6) is 2.98. The normalized spacial score (nSPS) is 9.35. The van der Waals surface area contributed by atoms with E-state index in [2.05, 4.69) is 26.1 Å². The maximum atomic E-state index is 8.93. The highest BCUT2D eigenvalue weighted by Crippen LogP contribution is 2.19. The lowest BCUT2D eigenvalue weighted by molar-refractivity contribution is 0.222. The van der Waals surface area contributed by atoms with Crippen molar-refractivity contribution in [2.24, 2.45) is 0 Å². The van der Waals surface area contributed by atoms with Crippen molar-refractivity contribution in [1.82, 2.24) is 0 Å². The molecule has 0 bridgehead atoms. The number of hydrogen-bond acceptors (Lipinski definition) is 26. The Labute approximate surface area is 761 Å². The van der Waals surface area contributed by atoms with Gasteiger partial charge in [-0.05, 0) is 297 Å². The number of halogens is 2. The van der Waals surface area contributed by atoms with Crippen LogP contribution in [-0.2, 0) is 35.4 Å². The van der Waals surface area contributed by atoms with Crippen molar-refractivity contribution in [2.75, 3.05) is 123 Å². The first kappa shape index (κ1) is 152. The molecule has 0 unspecified atom stereocenters. The van der Waals surface area contributed by atoms with Crippen LogP contribution < -0.4 is 4.43 Å². The van der Waals surface area contributed by atoms with Crippen molar-refractivity contribution in [2.45, 2.75) is 196 Å². The summed E-state index contributed by atoms with van der Waals surface area (Å²) >= 11 is 11.5. The second kappa shape index (κ2) is 109. The number of hydrogen-bond donors (Lipinski definition) is 17. The highest BCUT2D eigenvalue weighted by molar-refractivity contribution is 7.15. The molecule has 0 saturated heterocycles. The zero-order chi connectivity index (χ0) is 100. The molecule has 0 aliphatic rings. The van der Waals surface area contributed by atoms with Gasteiger partial charge in [-0.15, -0.1) is 22.2 Å². The standard InChI is InChI=1S/C11H18O2Si.6C7H8O.2C5H14O2Si.2C4H11ClOSi.C4H12O2Si.4C2H6O.6CH4O/c1-5-12-14(3,4)13-11-8-6-7-10(2)9-11;2*1-6-2-4-7(8)5-3-6;2*1-6-3-2-4-7(8)5-6;2*1-6-4-2-3-5-7(6)8;2*1-5-7-8(3,4)6-2;3*1-4-6-7(2,3)5;4*1-2-3;6*1-2/h6-9H,5H2,1-4H3;6*2-5,8H,1H3;2*5H2,1-4H3;2*4H2,1-3H3;5H,4H2,1-3H3;4*3H,2H2,1H3;6*2H,1H3. The van der Waals surface area contributed by atoms with Crippen LogP contribution in [0.15, 0.2) is 170 Å². The Morgan fingerprint density at radius 2 is 0.496 bits per heavy atom. The van der Waals surface area contributed by atoms with E-state index in [4.69, 9.17) is 148 Å². The summed E-state index contributed by atoms with van der Waals surface area (Å²) in [5, 5.41) is 125. The van der Waals surface area contributed by atoms with Gasteiger partial charge in [-0.2, -0.15) is 0 Å². The van der Waals surface area contributed by atoms with E-state index < -0.39 is 49.5 Å². The summed E-state index contributed by atoms with van der Waals surface area (Å²) in [6.45, 7) is 61.0. The average molecular weight is 1900 g/mol. The molecule has 0 atom stereocenters. The van der Waals surface area contributed by atoms with Gasteiger partial charge >= 0.3 is 34.2 Å². The molecule has 26 nitrogen and oxygen atoms in total. The molecule has 0 aliphatic heterocycles. The van der Waals surface area contributed by atoms with Crippen molar-refractivity contribution in [3.05, 3.63) is 209 Å². The number of para-hydroxylation sites is 2. The molecule has 726 valence electrons. The van der Waals surface area contributed by atoms with Gasteiger partial charge in [-0.3, -0.25) is 0 Å². The topological polar surface area (TPSA) is 427 Å². The minimum absolute atomic E-state index is 0.250. The fourth-order valence-corrected chi connectivity index (χ4v) is 12.5. The fraction of sp³-hybridized carbons (Fsp3) is 0.528. The first-order valence-electron chi connectivity index (χ1n) is 39.8. The largest absolute Gasteiger partial charge is 0.520 e. The smallest absolute Gasteiger partial charge is 0.392 e. The van der Waals surface area contributed by atoms with E-state index in [1.807, 2.05) is 239 Å². The van der Waals surface area contributed by atoms with Gasteiger partial charge in [0.25, 0.3) is 15.3 Å². The van der Waals surface area contributed by atoms with Crippen molar-refractivity contribution >= 4 is 71.7 Å². The van der Waals surface area contributed by atoms with Crippen molar-refractivity contribution in [3.63, 3.8) is 0 Å². The molecule has 0 radical (unpaired) electrons. The number of aliphatic hydroxyl groups excluding tert-OH is 10. The number of phenolic OH excluding ortho intramolecular Hbond substituents is 6. The molecule has 0 aliphatic carbocycles. The number of rotatable bonds is 16. The van der Waals surface area contributed by atoms with Gasteiger partial charge in [-0.1, -0.05) is 108 Å². The van der Waals surface area contributed by atoms with Crippen LogP contribution in [0.25, 0.3) is 0 Å². The second-order valence-corrected chi connectivity index (χ2v) is 50.4. The van der Waals surface area contributed by atoms with E-state index >= 15 is 0 Å². The minimum atomic E-state index is -2.16. The SMILES string of the molecule is CCO.CCO.CCO.CCO.CCO[Si](C)(C)Cl.CCO[Si](C)(C)Cl.CCO[Si](C)(C)O.CCO[Si](C)(C)OC.CCO[Si](C)(C)OC.CCO[Si](C)(C)Oc1cccc(C)c1.CO.CO.CO.CO.CO.CO.Cc1ccc(O)cc1.Cc1ccc(O)cc1.Cc1cccc(O)c1.Cc1cccc(O)c1.Cc1ccccc1O.Cc1ccccc1O. The third kappa shape index (κ3) is 148. The molecular formula is C89H176Cl2O26Si6. The van der Waals surface area contributed by atoms with Gasteiger partial charge < -0.3 is 126 Å². The Bertz CT molecular complexity index is 2830.